The third-order valence-corrected chi connectivity index (χ3v) is 3.29. The van der Waals surface area contributed by atoms with Crippen LogP contribution in [0.2, 0.25) is 0 Å². The van der Waals surface area contributed by atoms with Gasteiger partial charge in [0.25, 0.3) is 0 Å². The molecule has 0 N–H and O–H groups in total. The number of methoxy groups -OCH3 is 1. The van der Waals surface area contributed by atoms with E-state index in [0.717, 1.165) is 36.6 Å². The monoisotopic (exact) mass is 248 g/mol. The lowest BCUT2D eigenvalue weighted by atomic mass is 9.91. The second kappa shape index (κ2) is 4.19. The van der Waals surface area contributed by atoms with Gasteiger partial charge in [-0.2, -0.15) is 0 Å². The van der Waals surface area contributed by atoms with Crippen molar-refractivity contribution in [3.63, 3.8) is 0 Å². The molecule has 0 saturated heterocycles. The van der Waals surface area contributed by atoms with Crippen LogP contribution in [-0.2, 0) is 6.42 Å². The zero-order valence-corrected chi connectivity index (χ0v) is 9.96. The van der Waals surface area contributed by atoms with Crippen LogP contribution >= 0.6 is 0 Å². The highest BCUT2D eigenvalue weighted by atomic mass is 19.2. The minimum absolute atomic E-state index is 0.359. The summed E-state index contributed by atoms with van der Waals surface area (Å²) in [6.45, 7) is 0. The molecule has 0 unspecified atom stereocenters. The van der Waals surface area contributed by atoms with Crippen LogP contribution in [-0.4, -0.2) is 12.1 Å². The molecule has 2 nitrogen and oxygen atoms in total. The van der Waals surface area contributed by atoms with Gasteiger partial charge in [-0.25, -0.2) is 13.8 Å². The van der Waals surface area contributed by atoms with Crippen LogP contribution < -0.4 is 4.74 Å². The predicted octanol–water partition coefficient (Wildman–Crippen LogP) is 3.41. The molecule has 1 aromatic heterocycles. The molecule has 0 aliphatic heterocycles. The summed E-state index contributed by atoms with van der Waals surface area (Å²) >= 11 is 0. The Kier molecular flexibility index (Phi) is 2.65. The van der Waals surface area contributed by atoms with Gasteiger partial charge in [-0.1, -0.05) is 0 Å². The van der Waals surface area contributed by atoms with Crippen LogP contribution in [0.25, 0.3) is 10.8 Å². The molecule has 1 aromatic carbocycles. The summed E-state index contributed by atoms with van der Waals surface area (Å²) in [6, 6.07) is 2.38. The molecular formula is C14H12F2NO. The summed E-state index contributed by atoms with van der Waals surface area (Å²) in [5, 5.41) is 1.20. The van der Waals surface area contributed by atoms with Gasteiger partial charge in [0, 0.05) is 11.1 Å². The van der Waals surface area contributed by atoms with E-state index in [0.29, 0.717) is 16.7 Å². The molecule has 3 rings (SSSR count). The predicted molar refractivity (Wildman–Crippen MR) is 64.6 cm³/mol. The maximum Gasteiger partial charge on any atom is 0.221 e. The van der Waals surface area contributed by atoms with E-state index in [9.17, 15) is 8.78 Å². The molecule has 1 radical (unpaired) electrons. The SMILES string of the molecule is COc1nc2c(c3cc(F)c(F)cc13)[CH]CCC2. The Morgan fingerprint density at radius 3 is 2.61 bits per heavy atom. The number of pyridine rings is 1. The Hall–Kier alpha value is -1.71. The highest BCUT2D eigenvalue weighted by molar-refractivity contribution is 5.91. The molecule has 4 heteroatoms. The summed E-state index contributed by atoms with van der Waals surface area (Å²) in [7, 11) is 1.49. The number of aryl methyl sites for hydroxylation is 1. The van der Waals surface area contributed by atoms with E-state index in [-0.39, 0.29) is 0 Å². The van der Waals surface area contributed by atoms with Crippen molar-refractivity contribution < 1.29 is 13.5 Å². The van der Waals surface area contributed by atoms with Gasteiger partial charge in [0.1, 0.15) is 0 Å². The lowest BCUT2D eigenvalue weighted by Gasteiger charge is -2.18. The van der Waals surface area contributed by atoms with Crippen molar-refractivity contribution in [1.82, 2.24) is 4.98 Å². The first-order valence-electron chi connectivity index (χ1n) is 5.89. The highest BCUT2D eigenvalue weighted by Gasteiger charge is 2.19. The maximum atomic E-state index is 13.4. The summed E-state index contributed by atoms with van der Waals surface area (Å²) in [6.07, 6.45) is 4.84. The third kappa shape index (κ3) is 1.64. The van der Waals surface area contributed by atoms with Crippen molar-refractivity contribution >= 4 is 10.8 Å². The number of aromatic nitrogens is 1. The zero-order chi connectivity index (χ0) is 12.7. The van der Waals surface area contributed by atoms with E-state index >= 15 is 0 Å². The number of ether oxygens (including phenoxy) is 1. The largest absolute Gasteiger partial charge is 0.481 e. The number of rotatable bonds is 1. The number of hydrogen-bond acceptors (Lipinski definition) is 2. The average molecular weight is 248 g/mol. The normalized spacial score (nSPS) is 14.6. The summed E-state index contributed by atoms with van der Waals surface area (Å²) in [5.41, 5.74) is 1.81. The van der Waals surface area contributed by atoms with E-state index in [1.807, 2.05) is 6.42 Å². The van der Waals surface area contributed by atoms with Crippen LogP contribution in [0.3, 0.4) is 0 Å². The zero-order valence-electron chi connectivity index (χ0n) is 9.96. The van der Waals surface area contributed by atoms with Crippen molar-refractivity contribution in [2.75, 3.05) is 7.11 Å². The maximum absolute atomic E-state index is 13.4. The summed E-state index contributed by atoms with van der Waals surface area (Å²) in [5.74, 6) is -1.35. The summed E-state index contributed by atoms with van der Waals surface area (Å²) < 4.78 is 31.9. The Bertz CT molecular complexity index is 625. The molecule has 2 aromatic rings. The smallest absolute Gasteiger partial charge is 0.221 e. The Balaban J connectivity index is 2.39. The Labute approximate surface area is 104 Å². The highest BCUT2D eigenvalue weighted by Crippen LogP contribution is 2.34. The topological polar surface area (TPSA) is 22.1 Å². The first-order valence-corrected chi connectivity index (χ1v) is 5.89. The molecule has 1 aliphatic rings. The fraction of sp³-hybridized carbons (Fsp3) is 0.286. The lowest BCUT2D eigenvalue weighted by molar-refractivity contribution is 0.400. The van der Waals surface area contributed by atoms with Gasteiger partial charge < -0.3 is 4.74 Å². The summed E-state index contributed by atoms with van der Waals surface area (Å²) in [4.78, 5) is 4.39. The van der Waals surface area contributed by atoms with Crippen LogP contribution in [0.15, 0.2) is 12.1 Å². The number of benzene rings is 1. The molecule has 0 amide bonds. The number of halogens is 2. The molecule has 1 heterocycles. The van der Waals surface area contributed by atoms with Crippen LogP contribution in [0.1, 0.15) is 24.1 Å². The van der Waals surface area contributed by atoms with Crippen LogP contribution in [0.5, 0.6) is 5.88 Å². The molecule has 0 bridgehead atoms. The van der Waals surface area contributed by atoms with Gasteiger partial charge in [-0.05, 0) is 48.8 Å². The second-order valence-corrected chi connectivity index (χ2v) is 4.39. The van der Waals surface area contributed by atoms with E-state index in [4.69, 9.17) is 4.74 Å². The average Bonchev–Trinajstić information content (AvgIpc) is 2.39. The minimum Gasteiger partial charge on any atom is -0.481 e. The second-order valence-electron chi connectivity index (χ2n) is 4.39. The Morgan fingerprint density at radius 2 is 1.89 bits per heavy atom. The third-order valence-electron chi connectivity index (χ3n) is 3.29. The van der Waals surface area contributed by atoms with Gasteiger partial charge in [0.2, 0.25) is 5.88 Å². The van der Waals surface area contributed by atoms with E-state index in [1.54, 1.807) is 0 Å². The van der Waals surface area contributed by atoms with Gasteiger partial charge in [-0.3, -0.25) is 0 Å². The van der Waals surface area contributed by atoms with Crippen molar-refractivity contribution in [1.29, 1.82) is 0 Å². The van der Waals surface area contributed by atoms with E-state index < -0.39 is 11.6 Å². The molecule has 0 atom stereocenters. The van der Waals surface area contributed by atoms with Gasteiger partial charge in [0.15, 0.2) is 11.6 Å². The minimum atomic E-state index is -0.877. The van der Waals surface area contributed by atoms with Crippen molar-refractivity contribution in [2.24, 2.45) is 0 Å². The molecular weight excluding hydrogens is 236 g/mol. The number of hydrogen-bond donors (Lipinski definition) is 0. The van der Waals surface area contributed by atoms with Crippen molar-refractivity contribution in [3.05, 3.63) is 41.4 Å². The first kappa shape index (κ1) is 11.4. The molecule has 0 saturated carbocycles. The van der Waals surface area contributed by atoms with Crippen molar-refractivity contribution in [3.8, 4) is 5.88 Å². The van der Waals surface area contributed by atoms with Gasteiger partial charge in [0.05, 0.1) is 7.11 Å². The van der Waals surface area contributed by atoms with Crippen LogP contribution in [0.4, 0.5) is 8.78 Å². The number of fused-ring (bicyclic) bond motifs is 3. The number of nitrogens with zero attached hydrogens (tertiary/aromatic N) is 1. The molecule has 0 spiro atoms. The van der Waals surface area contributed by atoms with Gasteiger partial charge >= 0.3 is 0 Å². The van der Waals surface area contributed by atoms with E-state index in [2.05, 4.69) is 4.98 Å². The Morgan fingerprint density at radius 1 is 1.17 bits per heavy atom. The first-order chi connectivity index (χ1) is 8.70. The molecule has 93 valence electrons. The molecule has 0 fully saturated rings. The fourth-order valence-electron chi connectivity index (χ4n) is 2.43. The lowest BCUT2D eigenvalue weighted by Crippen LogP contribution is -2.07. The van der Waals surface area contributed by atoms with Gasteiger partial charge in [-0.15, -0.1) is 0 Å². The molecule has 1 aliphatic carbocycles. The fourth-order valence-corrected chi connectivity index (χ4v) is 2.43. The molecule has 18 heavy (non-hydrogen) atoms. The van der Waals surface area contributed by atoms with Crippen LogP contribution in [0, 0.1) is 18.1 Å². The standard InChI is InChI=1S/C14H12F2NO/c1-18-14-10-7-12(16)11(15)6-9(10)8-4-2-3-5-13(8)17-14/h4,6-7H,2-3,5H2,1H3. The van der Waals surface area contributed by atoms with E-state index in [1.165, 1.54) is 13.2 Å². The van der Waals surface area contributed by atoms with Crippen molar-refractivity contribution in [2.45, 2.75) is 19.3 Å². The quantitative estimate of drug-likeness (QED) is 0.771.